The van der Waals surface area contributed by atoms with Crippen LogP contribution in [0, 0.1) is 6.92 Å². The summed E-state index contributed by atoms with van der Waals surface area (Å²) in [5.74, 6) is 0.262. The molecule has 37 heavy (non-hydrogen) atoms. The molecule has 0 saturated carbocycles. The van der Waals surface area contributed by atoms with Crippen LogP contribution in [0.5, 0.6) is 11.5 Å². The first-order chi connectivity index (χ1) is 17.9. The van der Waals surface area contributed by atoms with Gasteiger partial charge in [-0.3, -0.25) is 5.32 Å². The van der Waals surface area contributed by atoms with Crippen molar-refractivity contribution in [2.24, 2.45) is 0 Å². The van der Waals surface area contributed by atoms with Gasteiger partial charge in [-0.05, 0) is 42.7 Å². The van der Waals surface area contributed by atoms with Crippen molar-refractivity contribution in [1.82, 2.24) is 5.16 Å². The maximum atomic E-state index is 12.6. The van der Waals surface area contributed by atoms with Crippen LogP contribution in [0.1, 0.15) is 24.4 Å². The van der Waals surface area contributed by atoms with Crippen molar-refractivity contribution in [3.63, 3.8) is 0 Å². The topological polar surface area (TPSA) is 120 Å². The minimum atomic E-state index is -1.07. The van der Waals surface area contributed by atoms with Crippen LogP contribution < -0.4 is 14.8 Å². The third-order valence-electron chi connectivity index (χ3n) is 6.01. The lowest BCUT2D eigenvalue weighted by molar-refractivity contribution is -0.147. The monoisotopic (exact) mass is 500 g/mol. The number of carbonyl (C=O) groups is 2. The average molecular weight is 501 g/mol. The van der Waals surface area contributed by atoms with Crippen LogP contribution in [0.4, 0.5) is 10.5 Å². The molecule has 2 unspecified atom stereocenters. The van der Waals surface area contributed by atoms with E-state index < -0.39 is 24.3 Å². The van der Waals surface area contributed by atoms with Crippen LogP contribution in [0.15, 0.2) is 77.3 Å². The molecule has 188 valence electrons. The van der Waals surface area contributed by atoms with Crippen molar-refractivity contribution in [2.45, 2.75) is 26.1 Å². The first-order valence-electron chi connectivity index (χ1n) is 11.6. The van der Waals surface area contributed by atoms with Crippen LogP contribution >= 0.6 is 0 Å². The van der Waals surface area contributed by atoms with E-state index in [0.717, 1.165) is 22.3 Å². The van der Waals surface area contributed by atoms with Crippen molar-refractivity contribution in [2.75, 3.05) is 11.9 Å². The summed E-state index contributed by atoms with van der Waals surface area (Å²) in [5.41, 5.74) is 4.32. The van der Waals surface area contributed by atoms with Crippen molar-refractivity contribution >= 4 is 17.7 Å². The summed E-state index contributed by atoms with van der Waals surface area (Å²) < 4.78 is 21.9. The number of carboxylic acid groups (broad SMARTS) is 1. The lowest BCUT2D eigenvalue weighted by Crippen LogP contribution is -2.36. The average Bonchev–Trinajstić information content (AvgIpc) is 3.28. The molecular weight excluding hydrogens is 476 g/mol. The Hall–Kier alpha value is -4.79. The molecule has 1 aromatic heterocycles. The highest BCUT2D eigenvalue weighted by Gasteiger charge is 2.27. The van der Waals surface area contributed by atoms with Gasteiger partial charge in [0.1, 0.15) is 24.1 Å². The third-order valence-corrected chi connectivity index (χ3v) is 6.01. The number of carbonyl (C=O) groups excluding carboxylic acids is 1. The maximum Gasteiger partial charge on any atom is 0.412 e. The van der Waals surface area contributed by atoms with E-state index in [1.807, 2.05) is 60.7 Å². The van der Waals surface area contributed by atoms with Gasteiger partial charge in [-0.2, -0.15) is 0 Å². The Labute approximate surface area is 212 Å². The standard InChI is InChI=1S/C28H24N2O7/c1-16(18-6-4-3-5-7-18)35-28(33)29-25-17(2)37-30-26(25)20-10-8-19(9-11-20)21-12-13-22-23(14-21)34-15-24(36-22)27(31)32/h3-14,16,24H,15H2,1-2H3,(H,29,33)(H,31,32). The number of hydrogen-bond acceptors (Lipinski definition) is 7. The fourth-order valence-corrected chi connectivity index (χ4v) is 3.99. The highest BCUT2D eigenvalue weighted by Crippen LogP contribution is 2.37. The number of benzene rings is 3. The smallest absolute Gasteiger partial charge is 0.412 e. The van der Waals surface area contributed by atoms with E-state index in [4.69, 9.17) is 23.8 Å². The molecule has 2 atom stereocenters. The fraction of sp³-hybridized carbons (Fsp3) is 0.179. The number of rotatable bonds is 6. The number of nitrogens with zero attached hydrogens (tertiary/aromatic N) is 1. The van der Waals surface area contributed by atoms with Crippen LogP contribution in [0.2, 0.25) is 0 Å². The van der Waals surface area contributed by atoms with E-state index >= 15 is 0 Å². The Bertz CT molecular complexity index is 1430. The summed E-state index contributed by atoms with van der Waals surface area (Å²) >= 11 is 0. The molecule has 0 saturated heterocycles. The van der Waals surface area contributed by atoms with Crippen molar-refractivity contribution in [3.05, 3.63) is 84.1 Å². The fourth-order valence-electron chi connectivity index (χ4n) is 3.99. The number of anilines is 1. The van der Waals surface area contributed by atoms with E-state index in [9.17, 15) is 9.59 Å². The van der Waals surface area contributed by atoms with Crippen molar-refractivity contribution < 1.29 is 33.4 Å². The van der Waals surface area contributed by atoms with Gasteiger partial charge in [-0.1, -0.05) is 65.8 Å². The first kappa shape index (κ1) is 23.9. The molecule has 9 nitrogen and oxygen atoms in total. The van der Waals surface area contributed by atoms with Gasteiger partial charge in [0.25, 0.3) is 0 Å². The lowest BCUT2D eigenvalue weighted by atomic mass is 10.0. The second-order valence-electron chi connectivity index (χ2n) is 8.54. The minimum Gasteiger partial charge on any atom is -0.485 e. The Balaban J connectivity index is 1.31. The molecule has 0 aliphatic carbocycles. The molecule has 9 heteroatoms. The zero-order valence-electron chi connectivity index (χ0n) is 20.1. The van der Waals surface area contributed by atoms with E-state index in [0.29, 0.717) is 28.6 Å². The number of aromatic nitrogens is 1. The van der Waals surface area contributed by atoms with Gasteiger partial charge in [-0.25, -0.2) is 9.59 Å². The summed E-state index contributed by atoms with van der Waals surface area (Å²) in [4.78, 5) is 23.7. The Morgan fingerprint density at radius 1 is 1.00 bits per heavy atom. The number of fused-ring (bicyclic) bond motifs is 1. The molecule has 0 fully saturated rings. The highest BCUT2D eigenvalue weighted by atomic mass is 16.6. The normalized spacial score (nSPS) is 15.0. The van der Waals surface area contributed by atoms with Crippen molar-refractivity contribution in [1.29, 1.82) is 0 Å². The molecule has 3 aromatic carbocycles. The molecule has 2 heterocycles. The number of hydrogen-bond donors (Lipinski definition) is 2. The van der Waals surface area contributed by atoms with Crippen LogP contribution in [0.25, 0.3) is 22.4 Å². The van der Waals surface area contributed by atoms with Gasteiger partial charge in [0.15, 0.2) is 17.3 Å². The summed E-state index contributed by atoms with van der Waals surface area (Å²) in [7, 11) is 0. The minimum absolute atomic E-state index is 0.0570. The van der Waals surface area contributed by atoms with Crippen LogP contribution in [-0.2, 0) is 9.53 Å². The zero-order valence-corrected chi connectivity index (χ0v) is 20.1. The van der Waals surface area contributed by atoms with Gasteiger partial charge >= 0.3 is 12.1 Å². The number of carboxylic acids is 1. The molecule has 4 aromatic rings. The quantitative estimate of drug-likeness (QED) is 0.338. The molecule has 1 amide bonds. The molecule has 1 aliphatic rings. The Morgan fingerprint density at radius 3 is 2.43 bits per heavy atom. The van der Waals surface area contributed by atoms with E-state index in [2.05, 4.69) is 10.5 Å². The Kier molecular flexibility index (Phi) is 6.51. The number of aliphatic carboxylic acids is 1. The lowest BCUT2D eigenvalue weighted by Gasteiger charge is -2.24. The number of ether oxygens (including phenoxy) is 3. The Morgan fingerprint density at radius 2 is 1.70 bits per heavy atom. The van der Waals surface area contributed by atoms with Gasteiger partial charge < -0.3 is 23.8 Å². The second kappa shape index (κ2) is 10.1. The van der Waals surface area contributed by atoms with Gasteiger partial charge in [-0.15, -0.1) is 0 Å². The van der Waals surface area contributed by atoms with Gasteiger partial charge in [0.2, 0.25) is 6.10 Å². The molecular formula is C28H24N2O7. The molecule has 5 rings (SSSR count). The van der Waals surface area contributed by atoms with E-state index in [-0.39, 0.29) is 6.61 Å². The SMILES string of the molecule is Cc1onc(-c2ccc(-c3ccc4c(c3)OCC(C(=O)O)O4)cc2)c1NC(=O)OC(C)c1ccccc1. The molecule has 1 aliphatic heterocycles. The summed E-state index contributed by atoms with van der Waals surface area (Å²) in [5, 5.41) is 16.0. The van der Waals surface area contributed by atoms with Crippen LogP contribution in [-0.4, -0.2) is 35.0 Å². The van der Waals surface area contributed by atoms with Gasteiger partial charge in [0, 0.05) is 5.56 Å². The number of aryl methyl sites for hydroxylation is 1. The summed E-state index contributed by atoms with van der Waals surface area (Å²) in [6, 6.07) is 22.3. The predicted molar refractivity (Wildman–Crippen MR) is 135 cm³/mol. The number of nitrogens with one attached hydrogen (secondary N) is 1. The number of amides is 1. The molecule has 0 spiro atoms. The largest absolute Gasteiger partial charge is 0.485 e. The van der Waals surface area contributed by atoms with E-state index in [1.54, 1.807) is 26.0 Å². The van der Waals surface area contributed by atoms with Gasteiger partial charge in [0.05, 0.1) is 0 Å². The van der Waals surface area contributed by atoms with Crippen molar-refractivity contribution in [3.8, 4) is 33.9 Å². The molecule has 2 N–H and O–H groups in total. The highest BCUT2D eigenvalue weighted by molar-refractivity contribution is 5.91. The van der Waals surface area contributed by atoms with Crippen LogP contribution in [0.3, 0.4) is 0 Å². The predicted octanol–water partition coefficient (Wildman–Crippen LogP) is 5.85. The third kappa shape index (κ3) is 5.11. The first-order valence-corrected chi connectivity index (χ1v) is 11.6. The summed E-state index contributed by atoms with van der Waals surface area (Å²) in [6.07, 6.45) is -2.06. The van der Waals surface area contributed by atoms with E-state index in [1.165, 1.54) is 0 Å². The second-order valence-corrected chi connectivity index (χ2v) is 8.54. The molecule has 0 bridgehead atoms. The molecule has 0 radical (unpaired) electrons. The summed E-state index contributed by atoms with van der Waals surface area (Å²) in [6.45, 7) is 3.46. The maximum absolute atomic E-state index is 12.6. The zero-order chi connectivity index (χ0) is 25.9.